The molecule has 0 radical (unpaired) electrons. The number of aryl methyl sites for hydroxylation is 1. The van der Waals surface area contributed by atoms with Crippen molar-refractivity contribution >= 4 is 11.7 Å². The number of aliphatic hydroxyl groups excluding tert-OH is 2. The summed E-state index contributed by atoms with van der Waals surface area (Å²) in [5, 5.41) is 21.0. The average Bonchev–Trinajstić information content (AvgIpc) is 2.79. The van der Waals surface area contributed by atoms with Gasteiger partial charge < -0.3 is 15.5 Å². The lowest BCUT2D eigenvalue weighted by Gasteiger charge is -2.19. The summed E-state index contributed by atoms with van der Waals surface area (Å²) in [7, 11) is 0. The van der Waals surface area contributed by atoms with Crippen LogP contribution in [0.4, 0.5) is 0 Å². The number of Topliss-reactive ketones (excluding diaryl/α,β-unsaturated/α-hetero) is 1. The van der Waals surface area contributed by atoms with Gasteiger partial charge in [0.05, 0.1) is 6.10 Å². The van der Waals surface area contributed by atoms with Crippen LogP contribution in [0.15, 0.2) is 48.5 Å². The predicted molar refractivity (Wildman–Crippen MR) is 120 cm³/mol. The van der Waals surface area contributed by atoms with Crippen LogP contribution in [0.2, 0.25) is 0 Å². The van der Waals surface area contributed by atoms with Crippen molar-refractivity contribution < 1.29 is 19.8 Å². The number of hydrogen-bond donors (Lipinski definition) is 3. The van der Waals surface area contributed by atoms with E-state index in [1.807, 2.05) is 12.1 Å². The number of hydrogen-bond acceptors (Lipinski definition) is 4. The third-order valence-electron chi connectivity index (χ3n) is 4.67. The maximum absolute atomic E-state index is 12.3. The third-order valence-corrected chi connectivity index (χ3v) is 4.67. The lowest BCUT2D eigenvalue weighted by molar-refractivity contribution is -0.125. The fourth-order valence-electron chi connectivity index (χ4n) is 2.84. The van der Waals surface area contributed by atoms with Gasteiger partial charge >= 0.3 is 0 Å². The van der Waals surface area contributed by atoms with E-state index in [0.29, 0.717) is 11.1 Å². The highest BCUT2D eigenvalue weighted by atomic mass is 16.3. The standard InChI is InChI=1S/C26H27NO4/c1-3-4-7-20-10-12-21(13-11-20)8-5-6-9-22-14-16-23(17-15-22)26(31)27-25(19(2)29)24(30)18-28/h10-17,19,25,28-29H,3-4,7,18H2,1-2H3,(H,27,31)/t19-,25+/m1/s1. The molecule has 0 aliphatic rings. The van der Waals surface area contributed by atoms with Crippen molar-refractivity contribution in [3.63, 3.8) is 0 Å². The molecule has 0 saturated carbocycles. The molecule has 0 spiro atoms. The van der Waals surface area contributed by atoms with Crippen molar-refractivity contribution in [1.29, 1.82) is 0 Å². The molecular weight excluding hydrogens is 390 g/mol. The van der Waals surface area contributed by atoms with Crippen LogP contribution in [-0.4, -0.2) is 40.7 Å². The quantitative estimate of drug-likeness (QED) is 0.576. The third kappa shape index (κ3) is 7.75. The molecule has 31 heavy (non-hydrogen) atoms. The van der Waals surface area contributed by atoms with E-state index in [2.05, 4.69) is 48.1 Å². The summed E-state index contributed by atoms with van der Waals surface area (Å²) in [5.41, 5.74) is 3.23. The predicted octanol–water partition coefficient (Wildman–Crippen LogP) is 2.47. The van der Waals surface area contributed by atoms with Gasteiger partial charge in [0, 0.05) is 16.7 Å². The van der Waals surface area contributed by atoms with Gasteiger partial charge in [-0.1, -0.05) is 37.3 Å². The number of benzene rings is 2. The monoisotopic (exact) mass is 417 g/mol. The fraction of sp³-hybridized carbons (Fsp3) is 0.308. The molecule has 0 bridgehead atoms. The Balaban J connectivity index is 1.98. The Morgan fingerprint density at radius 3 is 2.00 bits per heavy atom. The second kappa shape index (κ2) is 12.3. The zero-order valence-electron chi connectivity index (χ0n) is 17.8. The highest BCUT2D eigenvalue weighted by Gasteiger charge is 2.25. The number of carbonyl (C=O) groups excluding carboxylic acids is 2. The summed E-state index contributed by atoms with van der Waals surface area (Å²) >= 11 is 0. The zero-order chi connectivity index (χ0) is 22.6. The maximum Gasteiger partial charge on any atom is 0.251 e. The van der Waals surface area contributed by atoms with E-state index >= 15 is 0 Å². The SMILES string of the molecule is CCCCc1ccc(C#CC#Cc2ccc(C(=O)N[C@H](C(=O)CO)[C@@H](C)O)cc2)cc1. The summed E-state index contributed by atoms with van der Waals surface area (Å²) in [4.78, 5) is 23.9. The van der Waals surface area contributed by atoms with E-state index < -0.39 is 30.4 Å². The molecule has 3 N–H and O–H groups in total. The molecule has 2 atom stereocenters. The van der Waals surface area contributed by atoms with E-state index in [1.165, 1.54) is 25.3 Å². The Labute approximate surface area is 183 Å². The molecule has 2 aromatic carbocycles. The van der Waals surface area contributed by atoms with Crippen molar-refractivity contribution in [3.05, 3.63) is 70.8 Å². The Kier molecular flexibility index (Phi) is 9.52. The molecular formula is C26H27NO4. The number of unbranched alkanes of at least 4 members (excludes halogenated alkanes) is 1. The summed E-state index contributed by atoms with van der Waals surface area (Å²) in [5.74, 6) is 10.4. The second-order valence-corrected chi connectivity index (χ2v) is 7.19. The summed E-state index contributed by atoms with van der Waals surface area (Å²) in [6.45, 7) is 2.79. The van der Waals surface area contributed by atoms with Crippen molar-refractivity contribution in [2.24, 2.45) is 0 Å². The van der Waals surface area contributed by atoms with Gasteiger partial charge in [-0.15, -0.1) is 0 Å². The van der Waals surface area contributed by atoms with Gasteiger partial charge in [0.25, 0.3) is 5.91 Å². The van der Waals surface area contributed by atoms with Gasteiger partial charge in [0.2, 0.25) is 0 Å². The number of carbonyl (C=O) groups is 2. The Morgan fingerprint density at radius 2 is 1.52 bits per heavy atom. The van der Waals surface area contributed by atoms with Crippen LogP contribution in [0.3, 0.4) is 0 Å². The maximum atomic E-state index is 12.3. The minimum Gasteiger partial charge on any atom is -0.391 e. The first-order valence-electron chi connectivity index (χ1n) is 10.3. The molecule has 0 aliphatic carbocycles. The molecule has 0 unspecified atom stereocenters. The molecule has 0 fully saturated rings. The van der Waals surface area contributed by atoms with Gasteiger partial charge in [-0.25, -0.2) is 0 Å². The highest BCUT2D eigenvalue weighted by molar-refractivity contribution is 5.98. The largest absolute Gasteiger partial charge is 0.391 e. The topological polar surface area (TPSA) is 86.6 Å². The van der Waals surface area contributed by atoms with Crippen LogP contribution in [0, 0.1) is 23.7 Å². The van der Waals surface area contributed by atoms with Gasteiger partial charge in [0.15, 0.2) is 5.78 Å². The molecule has 0 heterocycles. The van der Waals surface area contributed by atoms with Crippen LogP contribution in [0.5, 0.6) is 0 Å². The number of ketones is 1. The lowest BCUT2D eigenvalue weighted by Crippen LogP contribution is -2.48. The second-order valence-electron chi connectivity index (χ2n) is 7.19. The van der Waals surface area contributed by atoms with Crippen LogP contribution < -0.4 is 5.32 Å². The Hall–Kier alpha value is -3.38. The Morgan fingerprint density at radius 1 is 0.968 bits per heavy atom. The average molecular weight is 418 g/mol. The van der Waals surface area contributed by atoms with Gasteiger partial charge in [-0.05, 0) is 73.6 Å². The molecule has 5 nitrogen and oxygen atoms in total. The van der Waals surface area contributed by atoms with E-state index in [1.54, 1.807) is 24.3 Å². The van der Waals surface area contributed by atoms with E-state index in [0.717, 1.165) is 12.0 Å². The number of amides is 1. The number of nitrogens with one attached hydrogen (secondary N) is 1. The molecule has 0 saturated heterocycles. The lowest BCUT2D eigenvalue weighted by atomic mass is 10.1. The van der Waals surface area contributed by atoms with E-state index in [4.69, 9.17) is 5.11 Å². The van der Waals surface area contributed by atoms with E-state index in [-0.39, 0.29) is 0 Å². The molecule has 5 heteroatoms. The van der Waals surface area contributed by atoms with Crippen LogP contribution in [0.1, 0.15) is 53.7 Å². The first-order chi connectivity index (χ1) is 14.9. The molecule has 160 valence electrons. The van der Waals surface area contributed by atoms with Crippen LogP contribution in [0.25, 0.3) is 0 Å². The summed E-state index contributed by atoms with van der Waals surface area (Å²) < 4.78 is 0. The minimum atomic E-state index is -1.16. The summed E-state index contributed by atoms with van der Waals surface area (Å²) in [6.07, 6.45) is 2.32. The van der Waals surface area contributed by atoms with Gasteiger partial charge in [0.1, 0.15) is 12.6 Å². The van der Waals surface area contributed by atoms with Crippen molar-refractivity contribution in [1.82, 2.24) is 5.32 Å². The zero-order valence-corrected chi connectivity index (χ0v) is 17.8. The van der Waals surface area contributed by atoms with Crippen LogP contribution in [-0.2, 0) is 11.2 Å². The van der Waals surface area contributed by atoms with Crippen molar-refractivity contribution in [2.45, 2.75) is 45.3 Å². The van der Waals surface area contributed by atoms with Crippen LogP contribution >= 0.6 is 0 Å². The number of aliphatic hydroxyl groups is 2. The first-order valence-corrected chi connectivity index (χ1v) is 10.3. The molecule has 0 aliphatic heterocycles. The molecule has 1 amide bonds. The van der Waals surface area contributed by atoms with Gasteiger partial charge in [-0.3, -0.25) is 9.59 Å². The molecule has 0 aromatic heterocycles. The first kappa shape index (κ1) is 23.9. The fourth-order valence-corrected chi connectivity index (χ4v) is 2.84. The van der Waals surface area contributed by atoms with Gasteiger partial charge in [-0.2, -0.15) is 0 Å². The molecule has 2 rings (SSSR count). The van der Waals surface area contributed by atoms with Crippen molar-refractivity contribution in [3.8, 4) is 23.7 Å². The van der Waals surface area contributed by atoms with Crippen molar-refractivity contribution in [2.75, 3.05) is 6.61 Å². The molecule has 2 aromatic rings. The normalized spacial score (nSPS) is 11.9. The van der Waals surface area contributed by atoms with E-state index in [9.17, 15) is 14.7 Å². The smallest absolute Gasteiger partial charge is 0.251 e. The Bertz CT molecular complexity index is 1000. The number of rotatable bonds is 8. The minimum absolute atomic E-state index is 0.316. The highest BCUT2D eigenvalue weighted by Crippen LogP contribution is 2.07. The summed E-state index contributed by atoms with van der Waals surface area (Å²) in [6, 6.07) is 13.5.